The van der Waals surface area contributed by atoms with Gasteiger partial charge in [-0.1, -0.05) is 42.8 Å². The Labute approximate surface area is 160 Å². The Morgan fingerprint density at radius 1 is 0.815 bits per heavy atom. The fourth-order valence-electron chi connectivity index (χ4n) is 4.63. The van der Waals surface area contributed by atoms with Gasteiger partial charge in [0, 0.05) is 43.3 Å². The first-order chi connectivity index (χ1) is 13.3. The van der Waals surface area contributed by atoms with Gasteiger partial charge in [0.2, 0.25) is 5.91 Å². The molecule has 2 aliphatic heterocycles. The molecule has 140 valence electrons. The van der Waals surface area contributed by atoms with E-state index in [9.17, 15) is 4.79 Å². The molecule has 1 saturated carbocycles. The standard InChI is InChI=1S/C23H26N2O2/c26-23(25-14-6-13-24(15-16-25)17-7-5-8-17)22-18-9-1-3-11-20(18)27-21-12-4-2-10-19(21)22/h1-4,9-12,17,22H,5-8,13-16H2. The molecular weight excluding hydrogens is 336 g/mol. The number of benzene rings is 2. The second-order valence-corrected chi connectivity index (χ2v) is 7.91. The minimum absolute atomic E-state index is 0.216. The summed E-state index contributed by atoms with van der Waals surface area (Å²) in [6.45, 7) is 3.80. The molecule has 2 fully saturated rings. The van der Waals surface area contributed by atoms with Crippen LogP contribution < -0.4 is 4.74 Å². The minimum atomic E-state index is -0.263. The summed E-state index contributed by atoms with van der Waals surface area (Å²) in [5.41, 5.74) is 1.97. The van der Waals surface area contributed by atoms with E-state index in [0.29, 0.717) is 0 Å². The molecule has 1 saturated heterocycles. The number of para-hydroxylation sites is 2. The van der Waals surface area contributed by atoms with Crippen LogP contribution in [0.2, 0.25) is 0 Å². The van der Waals surface area contributed by atoms with Crippen LogP contribution in [-0.2, 0) is 4.79 Å². The number of fused-ring (bicyclic) bond motifs is 2. The van der Waals surface area contributed by atoms with Crippen molar-refractivity contribution in [1.82, 2.24) is 9.80 Å². The molecule has 0 atom stereocenters. The summed E-state index contributed by atoms with van der Waals surface area (Å²) in [6, 6.07) is 16.7. The fraction of sp³-hybridized carbons (Fsp3) is 0.435. The van der Waals surface area contributed by atoms with Crippen molar-refractivity contribution in [3.63, 3.8) is 0 Å². The zero-order valence-electron chi connectivity index (χ0n) is 15.6. The smallest absolute Gasteiger partial charge is 0.234 e. The molecule has 4 heteroatoms. The molecule has 27 heavy (non-hydrogen) atoms. The first-order valence-corrected chi connectivity index (χ1v) is 10.2. The van der Waals surface area contributed by atoms with Gasteiger partial charge in [-0.05, 0) is 31.4 Å². The van der Waals surface area contributed by atoms with E-state index in [1.54, 1.807) is 0 Å². The largest absolute Gasteiger partial charge is 0.457 e. The monoisotopic (exact) mass is 362 g/mol. The van der Waals surface area contributed by atoms with Crippen molar-refractivity contribution in [2.24, 2.45) is 0 Å². The number of amides is 1. The molecule has 2 aromatic rings. The van der Waals surface area contributed by atoms with Gasteiger partial charge in [-0.25, -0.2) is 0 Å². The predicted molar refractivity (Wildman–Crippen MR) is 105 cm³/mol. The first kappa shape index (κ1) is 16.8. The van der Waals surface area contributed by atoms with Crippen LogP contribution in [0.1, 0.15) is 42.7 Å². The van der Waals surface area contributed by atoms with E-state index in [2.05, 4.69) is 9.80 Å². The maximum Gasteiger partial charge on any atom is 0.234 e. The van der Waals surface area contributed by atoms with Crippen molar-refractivity contribution in [1.29, 1.82) is 0 Å². The lowest BCUT2D eigenvalue weighted by atomic mass is 9.86. The van der Waals surface area contributed by atoms with Gasteiger partial charge < -0.3 is 9.64 Å². The third kappa shape index (κ3) is 3.02. The highest BCUT2D eigenvalue weighted by Crippen LogP contribution is 2.44. The Morgan fingerprint density at radius 3 is 2.11 bits per heavy atom. The summed E-state index contributed by atoms with van der Waals surface area (Å²) in [7, 11) is 0. The van der Waals surface area contributed by atoms with Gasteiger partial charge in [-0.3, -0.25) is 9.69 Å². The lowest BCUT2D eigenvalue weighted by Crippen LogP contribution is -2.43. The highest BCUT2D eigenvalue weighted by Gasteiger charge is 2.36. The van der Waals surface area contributed by atoms with Crippen molar-refractivity contribution in [3.8, 4) is 11.5 Å². The number of nitrogens with zero attached hydrogens (tertiary/aromatic N) is 2. The van der Waals surface area contributed by atoms with Crippen molar-refractivity contribution in [2.75, 3.05) is 26.2 Å². The second-order valence-electron chi connectivity index (χ2n) is 7.91. The fourth-order valence-corrected chi connectivity index (χ4v) is 4.63. The average Bonchev–Trinajstić information content (AvgIpc) is 2.90. The molecule has 0 spiro atoms. The average molecular weight is 362 g/mol. The maximum absolute atomic E-state index is 13.6. The van der Waals surface area contributed by atoms with Gasteiger partial charge in [-0.2, -0.15) is 0 Å². The number of rotatable bonds is 2. The van der Waals surface area contributed by atoms with E-state index >= 15 is 0 Å². The SMILES string of the molecule is O=C(C1c2ccccc2Oc2ccccc21)N1CCCN(C2CCC2)CC1. The van der Waals surface area contributed by atoms with Gasteiger partial charge in [0.15, 0.2) is 0 Å². The summed E-state index contributed by atoms with van der Waals surface area (Å²) < 4.78 is 6.06. The Balaban J connectivity index is 1.43. The predicted octanol–water partition coefficient (Wildman–Crippen LogP) is 4.01. The molecule has 0 unspecified atom stereocenters. The summed E-state index contributed by atoms with van der Waals surface area (Å²) in [5.74, 6) is 1.57. The second kappa shape index (κ2) is 7.01. The summed E-state index contributed by atoms with van der Waals surface area (Å²) in [4.78, 5) is 18.3. The normalized spacial score (nSPS) is 20.8. The molecule has 2 aromatic carbocycles. The van der Waals surface area contributed by atoms with Crippen LogP contribution in [0, 0.1) is 0 Å². The van der Waals surface area contributed by atoms with Crippen LogP contribution in [0.5, 0.6) is 11.5 Å². The van der Waals surface area contributed by atoms with Crippen LogP contribution >= 0.6 is 0 Å². The third-order valence-corrected chi connectivity index (χ3v) is 6.36. The number of carbonyl (C=O) groups excluding carboxylic acids is 1. The zero-order chi connectivity index (χ0) is 18.2. The molecule has 5 rings (SSSR count). The lowest BCUT2D eigenvalue weighted by Gasteiger charge is -2.37. The van der Waals surface area contributed by atoms with E-state index in [1.165, 1.54) is 19.3 Å². The Kier molecular flexibility index (Phi) is 4.36. The highest BCUT2D eigenvalue weighted by molar-refractivity contribution is 5.89. The van der Waals surface area contributed by atoms with Crippen LogP contribution in [0.4, 0.5) is 0 Å². The highest BCUT2D eigenvalue weighted by atomic mass is 16.5. The third-order valence-electron chi connectivity index (χ3n) is 6.36. The molecule has 2 heterocycles. The maximum atomic E-state index is 13.6. The van der Waals surface area contributed by atoms with E-state index < -0.39 is 0 Å². The topological polar surface area (TPSA) is 32.8 Å². The molecular formula is C23H26N2O2. The van der Waals surface area contributed by atoms with Gasteiger partial charge in [0.1, 0.15) is 11.5 Å². The zero-order valence-corrected chi connectivity index (χ0v) is 15.6. The van der Waals surface area contributed by atoms with Crippen LogP contribution in [0.25, 0.3) is 0 Å². The van der Waals surface area contributed by atoms with Crippen molar-refractivity contribution in [2.45, 2.75) is 37.6 Å². The van der Waals surface area contributed by atoms with Crippen LogP contribution in [0.15, 0.2) is 48.5 Å². The molecule has 1 aliphatic carbocycles. The molecule has 0 bridgehead atoms. The number of hydrogen-bond donors (Lipinski definition) is 0. The summed E-state index contributed by atoms with van der Waals surface area (Å²) >= 11 is 0. The van der Waals surface area contributed by atoms with E-state index in [4.69, 9.17) is 4.74 Å². The molecule has 0 N–H and O–H groups in total. The molecule has 0 aromatic heterocycles. The van der Waals surface area contributed by atoms with Gasteiger partial charge in [-0.15, -0.1) is 0 Å². The van der Waals surface area contributed by atoms with Gasteiger partial charge in [0.25, 0.3) is 0 Å². The first-order valence-electron chi connectivity index (χ1n) is 10.2. The van der Waals surface area contributed by atoms with E-state index in [-0.39, 0.29) is 11.8 Å². The Bertz CT molecular complexity index is 800. The summed E-state index contributed by atoms with van der Waals surface area (Å²) in [5, 5.41) is 0. The number of hydrogen-bond acceptors (Lipinski definition) is 3. The van der Waals surface area contributed by atoms with Crippen LogP contribution in [0.3, 0.4) is 0 Å². The lowest BCUT2D eigenvalue weighted by molar-refractivity contribution is -0.131. The molecule has 3 aliphatic rings. The van der Waals surface area contributed by atoms with Gasteiger partial charge >= 0.3 is 0 Å². The summed E-state index contributed by atoms with van der Waals surface area (Å²) in [6.07, 6.45) is 5.08. The minimum Gasteiger partial charge on any atom is -0.457 e. The van der Waals surface area contributed by atoms with Crippen molar-refractivity contribution in [3.05, 3.63) is 59.7 Å². The quantitative estimate of drug-likeness (QED) is 0.809. The number of carbonyl (C=O) groups is 1. The number of ether oxygens (including phenoxy) is 1. The molecule has 0 radical (unpaired) electrons. The van der Waals surface area contributed by atoms with Crippen LogP contribution in [-0.4, -0.2) is 47.9 Å². The van der Waals surface area contributed by atoms with E-state index in [1.807, 2.05) is 48.5 Å². The van der Waals surface area contributed by atoms with Gasteiger partial charge in [0.05, 0.1) is 5.92 Å². The van der Waals surface area contributed by atoms with Crippen molar-refractivity contribution >= 4 is 5.91 Å². The Morgan fingerprint density at radius 2 is 1.48 bits per heavy atom. The molecule has 4 nitrogen and oxygen atoms in total. The van der Waals surface area contributed by atoms with Crippen molar-refractivity contribution < 1.29 is 9.53 Å². The Hall–Kier alpha value is -2.33. The van der Waals surface area contributed by atoms with E-state index in [0.717, 1.165) is 61.3 Å². The molecule has 1 amide bonds.